The van der Waals surface area contributed by atoms with E-state index in [-0.39, 0.29) is 11.8 Å². The van der Waals surface area contributed by atoms with Crippen LogP contribution in [0, 0.1) is 11.8 Å². The van der Waals surface area contributed by atoms with E-state index in [0.717, 1.165) is 32.1 Å². The Morgan fingerprint density at radius 3 is 2.42 bits per heavy atom. The minimum Gasteiger partial charge on any atom is -0.480 e. The molecule has 4 heteroatoms. The van der Waals surface area contributed by atoms with Crippen LogP contribution < -0.4 is 5.32 Å². The Bertz CT molecular complexity index is 381. The van der Waals surface area contributed by atoms with Gasteiger partial charge in [-0.25, -0.2) is 4.79 Å². The van der Waals surface area contributed by atoms with Crippen molar-refractivity contribution in [2.24, 2.45) is 11.8 Å². The zero-order valence-corrected chi connectivity index (χ0v) is 11.5. The van der Waals surface area contributed by atoms with Gasteiger partial charge >= 0.3 is 5.97 Å². The third-order valence-electron chi connectivity index (χ3n) is 4.54. The number of hydrogen-bond donors (Lipinski definition) is 2. The first kappa shape index (κ1) is 14.1. The molecule has 1 atom stereocenters. The van der Waals surface area contributed by atoms with Gasteiger partial charge in [-0.05, 0) is 50.9 Å². The van der Waals surface area contributed by atoms with Crippen LogP contribution in [0.3, 0.4) is 0 Å². The van der Waals surface area contributed by atoms with Crippen molar-refractivity contribution >= 4 is 11.9 Å². The summed E-state index contributed by atoms with van der Waals surface area (Å²) >= 11 is 0. The second kappa shape index (κ2) is 5.76. The summed E-state index contributed by atoms with van der Waals surface area (Å²) in [7, 11) is 0. The summed E-state index contributed by atoms with van der Waals surface area (Å²) in [5, 5.41) is 12.3. The van der Waals surface area contributed by atoms with Gasteiger partial charge < -0.3 is 10.4 Å². The lowest BCUT2D eigenvalue weighted by molar-refractivity contribution is -0.150. The monoisotopic (exact) mass is 265 g/mol. The van der Waals surface area contributed by atoms with E-state index in [1.165, 1.54) is 0 Å². The van der Waals surface area contributed by atoms with E-state index in [1.54, 1.807) is 0 Å². The van der Waals surface area contributed by atoms with Gasteiger partial charge in [0, 0.05) is 5.92 Å². The topological polar surface area (TPSA) is 66.4 Å². The van der Waals surface area contributed by atoms with Crippen LogP contribution in [-0.2, 0) is 9.59 Å². The third-order valence-corrected chi connectivity index (χ3v) is 4.54. The van der Waals surface area contributed by atoms with Crippen LogP contribution in [0.4, 0.5) is 0 Å². The molecule has 2 rings (SSSR count). The number of nitrogens with one attached hydrogen (secondary N) is 1. The zero-order valence-electron chi connectivity index (χ0n) is 11.5. The summed E-state index contributed by atoms with van der Waals surface area (Å²) in [6.07, 6.45) is 9.43. The molecule has 0 radical (unpaired) electrons. The maximum absolute atomic E-state index is 12.2. The van der Waals surface area contributed by atoms with Crippen molar-refractivity contribution in [3.8, 4) is 0 Å². The van der Waals surface area contributed by atoms with Crippen LogP contribution in [0.25, 0.3) is 0 Å². The molecule has 0 bridgehead atoms. The average Bonchev–Trinajstić information content (AvgIpc) is 2.42. The van der Waals surface area contributed by atoms with Crippen LogP contribution in [0.2, 0.25) is 0 Å². The van der Waals surface area contributed by atoms with Gasteiger partial charge in [-0.1, -0.05) is 19.1 Å². The Hall–Kier alpha value is -1.32. The molecule has 1 unspecified atom stereocenters. The minimum absolute atomic E-state index is 0.0550. The highest BCUT2D eigenvalue weighted by molar-refractivity contribution is 5.88. The molecule has 0 saturated heterocycles. The molecule has 106 valence electrons. The molecule has 1 amide bonds. The molecule has 0 aromatic heterocycles. The van der Waals surface area contributed by atoms with Crippen molar-refractivity contribution in [2.45, 2.75) is 57.4 Å². The summed E-state index contributed by atoms with van der Waals surface area (Å²) in [6.45, 7) is 2.14. The van der Waals surface area contributed by atoms with Gasteiger partial charge in [0.05, 0.1) is 0 Å². The average molecular weight is 265 g/mol. The molecular weight excluding hydrogens is 242 g/mol. The van der Waals surface area contributed by atoms with Crippen LogP contribution >= 0.6 is 0 Å². The molecule has 2 aliphatic carbocycles. The van der Waals surface area contributed by atoms with Crippen molar-refractivity contribution in [1.82, 2.24) is 5.32 Å². The predicted octanol–water partition coefficient (Wildman–Crippen LogP) is 2.49. The number of amides is 1. The number of carbonyl (C=O) groups excluding carboxylic acids is 1. The third kappa shape index (κ3) is 3.17. The zero-order chi connectivity index (χ0) is 13.9. The molecule has 0 aromatic carbocycles. The van der Waals surface area contributed by atoms with Crippen LogP contribution in [0.15, 0.2) is 12.2 Å². The first-order valence-electron chi connectivity index (χ1n) is 7.24. The summed E-state index contributed by atoms with van der Waals surface area (Å²) in [4.78, 5) is 23.8. The number of aliphatic carboxylic acids is 1. The SMILES string of the molecule is CC1CCC(NC(=O)C2CC=CCC2)(C(=O)O)CC1. The van der Waals surface area contributed by atoms with Gasteiger partial charge in [0.2, 0.25) is 5.91 Å². The van der Waals surface area contributed by atoms with Gasteiger partial charge in [-0.3, -0.25) is 4.79 Å². The minimum atomic E-state index is -1.02. The normalized spacial score (nSPS) is 34.8. The van der Waals surface area contributed by atoms with Crippen LogP contribution in [0.5, 0.6) is 0 Å². The highest BCUT2D eigenvalue weighted by Crippen LogP contribution is 2.33. The predicted molar refractivity (Wildman–Crippen MR) is 72.6 cm³/mol. The van der Waals surface area contributed by atoms with Gasteiger partial charge in [0.15, 0.2) is 0 Å². The number of carboxylic acids is 1. The number of carboxylic acid groups (broad SMARTS) is 1. The Morgan fingerprint density at radius 1 is 1.21 bits per heavy atom. The van der Waals surface area contributed by atoms with E-state index < -0.39 is 11.5 Å². The first-order chi connectivity index (χ1) is 9.03. The summed E-state index contributed by atoms with van der Waals surface area (Å²) in [6, 6.07) is 0. The van der Waals surface area contributed by atoms with E-state index in [0.29, 0.717) is 18.8 Å². The van der Waals surface area contributed by atoms with Gasteiger partial charge in [-0.2, -0.15) is 0 Å². The molecule has 2 aliphatic rings. The van der Waals surface area contributed by atoms with Gasteiger partial charge in [-0.15, -0.1) is 0 Å². The largest absolute Gasteiger partial charge is 0.480 e. The van der Waals surface area contributed by atoms with E-state index >= 15 is 0 Å². The van der Waals surface area contributed by atoms with Crippen molar-refractivity contribution in [3.63, 3.8) is 0 Å². The Labute approximate surface area is 114 Å². The fraction of sp³-hybridized carbons (Fsp3) is 0.733. The molecular formula is C15H23NO3. The van der Waals surface area contributed by atoms with Crippen LogP contribution in [-0.4, -0.2) is 22.5 Å². The van der Waals surface area contributed by atoms with Crippen molar-refractivity contribution in [2.75, 3.05) is 0 Å². The van der Waals surface area contributed by atoms with Crippen molar-refractivity contribution in [1.29, 1.82) is 0 Å². The highest BCUT2D eigenvalue weighted by Gasteiger charge is 2.43. The summed E-state index contributed by atoms with van der Waals surface area (Å²) in [5.41, 5.74) is -1.02. The summed E-state index contributed by atoms with van der Waals surface area (Å²) in [5.74, 6) is -0.456. The second-order valence-corrected chi connectivity index (χ2v) is 6.04. The number of hydrogen-bond acceptors (Lipinski definition) is 2. The number of allylic oxidation sites excluding steroid dienone is 2. The van der Waals surface area contributed by atoms with E-state index in [2.05, 4.69) is 18.3 Å². The number of carbonyl (C=O) groups is 2. The molecule has 0 heterocycles. The Balaban J connectivity index is 2.02. The Morgan fingerprint density at radius 2 is 1.89 bits per heavy atom. The van der Waals surface area contributed by atoms with E-state index in [9.17, 15) is 14.7 Å². The molecule has 4 nitrogen and oxygen atoms in total. The molecule has 1 fully saturated rings. The lowest BCUT2D eigenvalue weighted by atomic mass is 9.76. The molecule has 0 aromatic rings. The van der Waals surface area contributed by atoms with E-state index in [1.807, 2.05) is 6.08 Å². The first-order valence-corrected chi connectivity index (χ1v) is 7.24. The molecule has 2 N–H and O–H groups in total. The molecule has 1 saturated carbocycles. The number of rotatable bonds is 3. The molecule has 0 spiro atoms. The smallest absolute Gasteiger partial charge is 0.329 e. The fourth-order valence-electron chi connectivity index (χ4n) is 3.02. The van der Waals surface area contributed by atoms with Gasteiger partial charge in [0.25, 0.3) is 0 Å². The van der Waals surface area contributed by atoms with Crippen molar-refractivity contribution in [3.05, 3.63) is 12.2 Å². The summed E-state index contributed by atoms with van der Waals surface area (Å²) < 4.78 is 0. The van der Waals surface area contributed by atoms with Crippen molar-refractivity contribution < 1.29 is 14.7 Å². The highest BCUT2D eigenvalue weighted by atomic mass is 16.4. The Kier molecular flexibility index (Phi) is 4.27. The quantitative estimate of drug-likeness (QED) is 0.770. The maximum atomic E-state index is 12.2. The van der Waals surface area contributed by atoms with Gasteiger partial charge in [0.1, 0.15) is 5.54 Å². The standard InChI is InChI=1S/C15H23NO3/c1-11-7-9-15(10-8-11,14(18)19)16-13(17)12-5-3-2-4-6-12/h2-3,11-12H,4-10H2,1H3,(H,16,17)(H,18,19). The van der Waals surface area contributed by atoms with E-state index in [4.69, 9.17) is 0 Å². The molecule has 0 aliphatic heterocycles. The molecule has 19 heavy (non-hydrogen) atoms. The van der Waals surface area contributed by atoms with Crippen LogP contribution in [0.1, 0.15) is 51.9 Å². The lowest BCUT2D eigenvalue weighted by Crippen LogP contribution is -2.57. The lowest BCUT2D eigenvalue weighted by Gasteiger charge is -2.37. The fourth-order valence-corrected chi connectivity index (χ4v) is 3.02. The maximum Gasteiger partial charge on any atom is 0.329 e. The second-order valence-electron chi connectivity index (χ2n) is 6.04.